The van der Waals surface area contributed by atoms with Gasteiger partial charge in [-0.15, -0.1) is 0 Å². The van der Waals surface area contributed by atoms with Crippen LogP contribution in [-0.2, 0) is 11.2 Å². The van der Waals surface area contributed by atoms with E-state index in [0.717, 1.165) is 18.4 Å². The maximum Gasteiger partial charge on any atom is 0.475 e. The van der Waals surface area contributed by atoms with E-state index in [-0.39, 0.29) is 36.4 Å². The van der Waals surface area contributed by atoms with Crippen molar-refractivity contribution < 1.29 is 19.6 Å². The number of amides is 3. The van der Waals surface area contributed by atoms with E-state index in [0.29, 0.717) is 6.54 Å². The summed E-state index contributed by atoms with van der Waals surface area (Å²) in [5.41, 5.74) is 0.983. The molecule has 1 aromatic rings. The molecule has 3 amide bonds. The summed E-state index contributed by atoms with van der Waals surface area (Å²) in [6, 6.07) is 10.4. The molecular formula is C21H29BN4O4. The Kier molecular flexibility index (Phi) is 8.90. The number of likely N-dealkylation sites (tertiary alicyclic amines) is 1. The van der Waals surface area contributed by atoms with E-state index in [1.165, 1.54) is 0 Å². The Labute approximate surface area is 177 Å². The van der Waals surface area contributed by atoms with Crippen molar-refractivity contribution in [2.75, 3.05) is 13.1 Å². The molecule has 2 atom stereocenters. The van der Waals surface area contributed by atoms with E-state index >= 15 is 0 Å². The number of nitrogens with one attached hydrogen (secondary N) is 2. The fraction of sp³-hybridized carbons (Fsp3) is 0.476. The molecule has 1 aliphatic heterocycles. The molecule has 160 valence electrons. The minimum atomic E-state index is -1.71. The van der Waals surface area contributed by atoms with Crippen LogP contribution < -0.4 is 10.6 Å². The van der Waals surface area contributed by atoms with Crippen LogP contribution >= 0.6 is 0 Å². The van der Waals surface area contributed by atoms with Gasteiger partial charge in [0.25, 0.3) is 5.91 Å². The van der Waals surface area contributed by atoms with E-state index in [9.17, 15) is 24.9 Å². The molecule has 0 aromatic heterocycles. The minimum Gasteiger partial charge on any atom is -0.426 e. The van der Waals surface area contributed by atoms with Crippen molar-refractivity contribution in [3.8, 4) is 6.07 Å². The van der Waals surface area contributed by atoms with Crippen LogP contribution in [0.4, 0.5) is 4.79 Å². The second-order valence-electron chi connectivity index (χ2n) is 7.79. The van der Waals surface area contributed by atoms with Gasteiger partial charge in [-0.05, 0) is 30.7 Å². The molecule has 0 radical (unpaired) electrons. The monoisotopic (exact) mass is 412 g/mol. The number of hydrogen-bond acceptors (Lipinski definition) is 5. The molecular weight excluding hydrogens is 383 g/mol. The third-order valence-electron chi connectivity index (χ3n) is 4.96. The van der Waals surface area contributed by atoms with Crippen molar-refractivity contribution in [1.29, 1.82) is 5.26 Å². The van der Waals surface area contributed by atoms with Gasteiger partial charge in [-0.25, -0.2) is 4.79 Å². The van der Waals surface area contributed by atoms with E-state index in [4.69, 9.17) is 0 Å². The lowest BCUT2D eigenvalue weighted by atomic mass is 9.76. The predicted octanol–water partition coefficient (Wildman–Crippen LogP) is 1.01. The standard InChI is InChI=1S/C21H29BN4O4/c1-15(2)11-17(13-23)20(27)26-10-6-9-18(26)14-24-21(28)25-19(22(29)30)12-16-7-4-3-5-8-16/h3-5,7-8,11,15,18-19,29-30H,6,9-10,12,14H2,1-2H3,(H2,24,25,28)/b17-11+/t18-,19+/m1/s1. The molecule has 4 N–H and O–H groups in total. The van der Waals surface area contributed by atoms with Gasteiger partial charge in [0.1, 0.15) is 11.6 Å². The zero-order chi connectivity index (χ0) is 22.1. The fourth-order valence-corrected chi connectivity index (χ4v) is 3.49. The highest BCUT2D eigenvalue weighted by Gasteiger charge is 2.31. The second kappa shape index (κ2) is 11.4. The van der Waals surface area contributed by atoms with Crippen molar-refractivity contribution >= 4 is 19.1 Å². The highest BCUT2D eigenvalue weighted by molar-refractivity contribution is 6.43. The van der Waals surface area contributed by atoms with Crippen molar-refractivity contribution in [3.63, 3.8) is 0 Å². The lowest BCUT2D eigenvalue weighted by molar-refractivity contribution is -0.127. The van der Waals surface area contributed by atoms with E-state index < -0.39 is 19.1 Å². The SMILES string of the molecule is CC(C)/C=C(\C#N)C(=O)N1CCC[C@@H]1CNC(=O)N[C@@H](Cc1ccccc1)B(O)O. The van der Waals surface area contributed by atoms with Crippen LogP contribution in [0.5, 0.6) is 0 Å². The number of nitrogens with zero attached hydrogens (tertiary/aromatic N) is 2. The van der Waals surface area contributed by atoms with Crippen LogP contribution in [0.1, 0.15) is 32.3 Å². The summed E-state index contributed by atoms with van der Waals surface area (Å²) in [6.45, 7) is 4.56. The van der Waals surface area contributed by atoms with Gasteiger partial charge in [0.2, 0.25) is 0 Å². The first-order valence-electron chi connectivity index (χ1n) is 10.2. The summed E-state index contributed by atoms with van der Waals surface area (Å²) < 4.78 is 0. The van der Waals surface area contributed by atoms with Gasteiger partial charge in [0.15, 0.2) is 0 Å². The average molecular weight is 412 g/mol. The van der Waals surface area contributed by atoms with Crippen LogP contribution in [-0.4, -0.2) is 59.1 Å². The van der Waals surface area contributed by atoms with Crippen LogP contribution in [0.25, 0.3) is 0 Å². The molecule has 1 heterocycles. The van der Waals surface area contributed by atoms with Gasteiger partial charge >= 0.3 is 13.1 Å². The molecule has 9 heteroatoms. The lowest BCUT2D eigenvalue weighted by Crippen LogP contribution is -2.53. The molecule has 0 saturated carbocycles. The summed E-state index contributed by atoms with van der Waals surface area (Å²) in [4.78, 5) is 26.6. The van der Waals surface area contributed by atoms with Crippen molar-refractivity contribution in [1.82, 2.24) is 15.5 Å². The summed E-state index contributed by atoms with van der Waals surface area (Å²) >= 11 is 0. The summed E-state index contributed by atoms with van der Waals surface area (Å²) in [5.74, 6) is -1.10. The van der Waals surface area contributed by atoms with Crippen molar-refractivity contribution in [2.24, 2.45) is 5.92 Å². The van der Waals surface area contributed by atoms with Gasteiger partial charge in [-0.2, -0.15) is 5.26 Å². The number of carbonyl (C=O) groups is 2. The summed E-state index contributed by atoms with van der Waals surface area (Å²) in [5, 5.41) is 33.8. The van der Waals surface area contributed by atoms with Crippen molar-refractivity contribution in [3.05, 3.63) is 47.5 Å². The van der Waals surface area contributed by atoms with E-state index in [2.05, 4.69) is 10.6 Å². The Bertz CT molecular complexity index is 792. The second-order valence-corrected chi connectivity index (χ2v) is 7.79. The number of allylic oxidation sites excluding steroid dienone is 1. The van der Waals surface area contributed by atoms with Crippen LogP contribution in [0.2, 0.25) is 0 Å². The molecule has 0 unspecified atom stereocenters. The minimum absolute atomic E-state index is 0.0833. The first kappa shape index (κ1) is 23.5. The molecule has 0 bridgehead atoms. The normalized spacial score (nSPS) is 17.4. The number of hydrogen-bond donors (Lipinski definition) is 4. The Balaban J connectivity index is 1.92. The van der Waals surface area contributed by atoms with Crippen LogP contribution in [0.15, 0.2) is 42.0 Å². The summed E-state index contributed by atoms with van der Waals surface area (Å²) in [6.07, 6.45) is 3.44. The van der Waals surface area contributed by atoms with Gasteiger partial charge in [0, 0.05) is 19.1 Å². The summed E-state index contributed by atoms with van der Waals surface area (Å²) in [7, 11) is -1.71. The zero-order valence-electron chi connectivity index (χ0n) is 17.4. The first-order chi connectivity index (χ1) is 14.3. The molecule has 1 saturated heterocycles. The Morgan fingerprint density at radius 2 is 2.03 bits per heavy atom. The maximum absolute atomic E-state index is 12.7. The number of rotatable bonds is 8. The molecule has 8 nitrogen and oxygen atoms in total. The highest BCUT2D eigenvalue weighted by Crippen LogP contribution is 2.19. The Hall–Kier alpha value is -2.83. The molecule has 1 aromatic carbocycles. The topological polar surface area (TPSA) is 126 Å². The third kappa shape index (κ3) is 6.90. The third-order valence-corrected chi connectivity index (χ3v) is 4.96. The average Bonchev–Trinajstić information content (AvgIpc) is 3.18. The molecule has 1 aliphatic rings. The van der Waals surface area contributed by atoms with Gasteiger partial charge < -0.3 is 25.6 Å². The number of nitriles is 1. The molecule has 0 spiro atoms. The van der Waals surface area contributed by atoms with Crippen LogP contribution in [0, 0.1) is 17.2 Å². The smallest absolute Gasteiger partial charge is 0.426 e. The molecule has 2 rings (SSSR count). The van der Waals surface area contributed by atoms with E-state index in [1.807, 2.05) is 50.2 Å². The van der Waals surface area contributed by atoms with Crippen molar-refractivity contribution in [2.45, 2.75) is 45.1 Å². The maximum atomic E-state index is 12.7. The molecule has 0 aliphatic carbocycles. The number of carbonyl (C=O) groups excluding carboxylic acids is 2. The van der Waals surface area contributed by atoms with Crippen LogP contribution in [0.3, 0.4) is 0 Å². The number of urea groups is 1. The Morgan fingerprint density at radius 3 is 2.63 bits per heavy atom. The Morgan fingerprint density at radius 1 is 1.33 bits per heavy atom. The largest absolute Gasteiger partial charge is 0.475 e. The zero-order valence-corrected chi connectivity index (χ0v) is 17.4. The molecule has 1 fully saturated rings. The van der Waals surface area contributed by atoms with Gasteiger partial charge in [0.05, 0.1) is 5.94 Å². The predicted molar refractivity (Wildman–Crippen MR) is 114 cm³/mol. The molecule has 30 heavy (non-hydrogen) atoms. The van der Waals surface area contributed by atoms with Gasteiger partial charge in [-0.3, -0.25) is 4.79 Å². The highest BCUT2D eigenvalue weighted by atomic mass is 16.4. The first-order valence-corrected chi connectivity index (χ1v) is 10.2. The fourth-order valence-electron chi connectivity index (χ4n) is 3.49. The van der Waals surface area contributed by atoms with Gasteiger partial charge in [-0.1, -0.05) is 50.3 Å². The quantitative estimate of drug-likeness (QED) is 0.288. The lowest BCUT2D eigenvalue weighted by Gasteiger charge is -2.25. The number of benzene rings is 1. The van der Waals surface area contributed by atoms with E-state index in [1.54, 1.807) is 11.0 Å².